The lowest BCUT2D eigenvalue weighted by molar-refractivity contribution is -0.0396. The topological polar surface area (TPSA) is 89.2 Å². The zero-order valence-electron chi connectivity index (χ0n) is 18.3. The number of aryl methyl sites for hydroxylation is 2. The molecule has 32 heavy (non-hydrogen) atoms. The van der Waals surface area contributed by atoms with Gasteiger partial charge in [-0.25, -0.2) is 9.67 Å². The van der Waals surface area contributed by atoms with E-state index >= 15 is 0 Å². The van der Waals surface area contributed by atoms with Gasteiger partial charge in [-0.3, -0.25) is 9.69 Å². The number of rotatable bonds is 2. The van der Waals surface area contributed by atoms with Crippen LogP contribution >= 0.6 is 0 Å². The molecule has 5 aliphatic rings. The Balaban J connectivity index is 1.33. The molecule has 4 saturated heterocycles. The average molecular weight is 436 g/mol. The van der Waals surface area contributed by atoms with Gasteiger partial charge in [-0.15, -0.1) is 0 Å². The molecular weight excluding hydrogens is 406 g/mol. The summed E-state index contributed by atoms with van der Waals surface area (Å²) in [5.41, 5.74) is 4.02. The van der Waals surface area contributed by atoms with Crippen LogP contribution in [0.3, 0.4) is 0 Å². The summed E-state index contributed by atoms with van der Waals surface area (Å²) in [5.74, 6) is 2.34. The number of H-pyrrole nitrogens is 1. The molecule has 0 aromatic carbocycles. The third-order valence-electron chi connectivity index (χ3n) is 7.97. The number of hydrogen-bond donors (Lipinski definition) is 1. The second-order valence-electron chi connectivity index (χ2n) is 9.91. The van der Waals surface area contributed by atoms with Gasteiger partial charge in [-0.2, -0.15) is 5.10 Å². The highest BCUT2D eigenvalue weighted by atomic mass is 16.5. The maximum atomic E-state index is 13.1. The summed E-state index contributed by atoms with van der Waals surface area (Å²) in [7, 11) is 0. The molecule has 3 aromatic rings. The van der Waals surface area contributed by atoms with Crippen molar-refractivity contribution >= 4 is 11.1 Å². The van der Waals surface area contributed by atoms with Crippen molar-refractivity contribution in [3.05, 3.63) is 33.6 Å². The van der Waals surface area contributed by atoms with E-state index in [-0.39, 0.29) is 17.8 Å². The minimum atomic E-state index is -0.162. The molecule has 8 rings (SSSR count). The van der Waals surface area contributed by atoms with E-state index in [9.17, 15) is 4.79 Å². The summed E-state index contributed by atoms with van der Waals surface area (Å²) < 4.78 is 14.1. The van der Waals surface area contributed by atoms with Crippen LogP contribution in [0.15, 0.2) is 15.4 Å². The Morgan fingerprint density at radius 3 is 2.78 bits per heavy atom. The zero-order valence-corrected chi connectivity index (χ0v) is 18.3. The van der Waals surface area contributed by atoms with Gasteiger partial charge in [0.1, 0.15) is 23.3 Å². The van der Waals surface area contributed by atoms with Crippen molar-refractivity contribution in [3.63, 3.8) is 0 Å². The SMILES string of the molecule is O=c1[nH]c(C2CC3CCN2CC3)nc2c3c(oc12)-c1cn(C2CCCCO2)nc1CCC3. The van der Waals surface area contributed by atoms with Crippen molar-refractivity contribution in [2.45, 2.75) is 70.1 Å². The molecule has 8 nitrogen and oxygen atoms in total. The van der Waals surface area contributed by atoms with Crippen molar-refractivity contribution in [2.75, 3.05) is 19.7 Å². The molecule has 4 aliphatic heterocycles. The van der Waals surface area contributed by atoms with E-state index in [1.54, 1.807) is 0 Å². The summed E-state index contributed by atoms with van der Waals surface area (Å²) >= 11 is 0. The lowest BCUT2D eigenvalue weighted by Gasteiger charge is -2.44. The Kier molecular flexibility index (Phi) is 4.34. The number of fused-ring (bicyclic) bond motifs is 8. The van der Waals surface area contributed by atoms with Gasteiger partial charge < -0.3 is 14.1 Å². The van der Waals surface area contributed by atoms with Crippen LogP contribution in [0.4, 0.5) is 0 Å². The van der Waals surface area contributed by atoms with Crippen LogP contribution in [0.1, 0.15) is 74.3 Å². The van der Waals surface area contributed by atoms with E-state index < -0.39 is 0 Å². The molecule has 2 bridgehead atoms. The second-order valence-corrected chi connectivity index (χ2v) is 9.91. The maximum Gasteiger partial charge on any atom is 0.294 e. The van der Waals surface area contributed by atoms with E-state index in [0.29, 0.717) is 5.58 Å². The summed E-state index contributed by atoms with van der Waals surface area (Å²) in [5, 5.41) is 4.86. The Bertz CT molecular complexity index is 1230. The molecule has 2 unspecified atom stereocenters. The molecule has 1 aliphatic carbocycles. The van der Waals surface area contributed by atoms with Crippen LogP contribution in [0.2, 0.25) is 0 Å². The van der Waals surface area contributed by atoms with Crippen LogP contribution in [-0.4, -0.2) is 44.3 Å². The number of piperidine rings is 3. The number of aromatic nitrogens is 4. The van der Waals surface area contributed by atoms with Crippen molar-refractivity contribution in [3.8, 4) is 11.3 Å². The maximum absolute atomic E-state index is 13.1. The molecule has 0 amide bonds. The normalized spacial score (nSPS) is 29.6. The van der Waals surface area contributed by atoms with Crippen molar-refractivity contribution in [2.24, 2.45) is 5.92 Å². The zero-order chi connectivity index (χ0) is 21.2. The lowest BCUT2D eigenvalue weighted by atomic mass is 9.83. The number of nitrogens with one attached hydrogen (secondary N) is 1. The summed E-state index contributed by atoms with van der Waals surface area (Å²) in [6.07, 6.45) is 11.6. The summed E-state index contributed by atoms with van der Waals surface area (Å²) in [4.78, 5) is 23.6. The quantitative estimate of drug-likeness (QED) is 0.660. The predicted octanol–water partition coefficient (Wildman–Crippen LogP) is 3.72. The van der Waals surface area contributed by atoms with Crippen molar-refractivity contribution in [1.29, 1.82) is 0 Å². The summed E-state index contributed by atoms with van der Waals surface area (Å²) in [6.45, 7) is 2.99. The Morgan fingerprint density at radius 2 is 2.00 bits per heavy atom. The van der Waals surface area contributed by atoms with Gasteiger partial charge >= 0.3 is 0 Å². The van der Waals surface area contributed by atoms with Crippen LogP contribution in [0, 0.1) is 5.92 Å². The molecule has 0 radical (unpaired) electrons. The van der Waals surface area contributed by atoms with Gasteiger partial charge in [0.2, 0.25) is 5.58 Å². The van der Waals surface area contributed by atoms with E-state index in [1.807, 2.05) is 4.68 Å². The monoisotopic (exact) mass is 435 g/mol. The van der Waals surface area contributed by atoms with Crippen LogP contribution in [-0.2, 0) is 17.6 Å². The highest BCUT2D eigenvalue weighted by Crippen LogP contribution is 2.41. The minimum Gasteiger partial charge on any atom is -0.448 e. The van der Waals surface area contributed by atoms with Gasteiger partial charge in [-0.05, 0) is 76.8 Å². The molecule has 2 atom stereocenters. The fourth-order valence-electron chi connectivity index (χ4n) is 6.22. The third kappa shape index (κ3) is 2.92. The number of ether oxygens (including phenoxy) is 1. The number of aromatic amines is 1. The Hall–Kier alpha value is -2.45. The first-order chi connectivity index (χ1) is 15.7. The molecule has 8 heteroatoms. The van der Waals surface area contributed by atoms with E-state index in [4.69, 9.17) is 19.2 Å². The molecule has 0 saturated carbocycles. The molecule has 168 valence electrons. The van der Waals surface area contributed by atoms with Gasteiger partial charge in [0.15, 0.2) is 0 Å². The van der Waals surface area contributed by atoms with Gasteiger partial charge in [0.05, 0.1) is 17.3 Å². The standard InChI is InChI=1S/C24H29N5O3/c30-24-22-20(25-23(26-24)18-12-14-7-9-28(18)10-8-14)15-4-3-5-17-16(21(15)32-22)13-29(27-17)19-6-1-2-11-31-19/h13-14,18-19H,1-12H2,(H,25,26,30). The van der Waals surface area contributed by atoms with E-state index in [2.05, 4.69) is 16.1 Å². The Labute approximate surface area is 185 Å². The Morgan fingerprint density at radius 1 is 1.09 bits per heavy atom. The number of furan rings is 1. The highest BCUT2D eigenvalue weighted by Gasteiger charge is 2.36. The largest absolute Gasteiger partial charge is 0.448 e. The fraction of sp³-hybridized carbons (Fsp3) is 0.625. The fourth-order valence-corrected chi connectivity index (χ4v) is 6.22. The second kappa shape index (κ2) is 7.28. The van der Waals surface area contributed by atoms with Crippen molar-refractivity contribution in [1.82, 2.24) is 24.6 Å². The van der Waals surface area contributed by atoms with Crippen LogP contribution < -0.4 is 5.56 Å². The molecular formula is C24H29N5O3. The molecule has 3 aromatic heterocycles. The molecule has 0 spiro atoms. The summed E-state index contributed by atoms with van der Waals surface area (Å²) in [6, 6.07) is 0.220. The minimum absolute atomic E-state index is 0.00703. The van der Waals surface area contributed by atoms with Crippen LogP contribution in [0.25, 0.3) is 22.4 Å². The van der Waals surface area contributed by atoms with E-state index in [1.165, 1.54) is 12.8 Å². The van der Waals surface area contributed by atoms with Gasteiger partial charge in [-0.1, -0.05) is 0 Å². The molecule has 1 N–H and O–H groups in total. The van der Waals surface area contributed by atoms with E-state index in [0.717, 1.165) is 104 Å². The first kappa shape index (κ1) is 19.1. The first-order valence-corrected chi connectivity index (χ1v) is 12.2. The first-order valence-electron chi connectivity index (χ1n) is 12.2. The van der Waals surface area contributed by atoms with Crippen LogP contribution in [0.5, 0.6) is 0 Å². The third-order valence-corrected chi connectivity index (χ3v) is 7.97. The number of hydrogen-bond acceptors (Lipinski definition) is 6. The van der Waals surface area contributed by atoms with Crippen molar-refractivity contribution < 1.29 is 9.15 Å². The number of nitrogens with zero attached hydrogens (tertiary/aromatic N) is 4. The highest BCUT2D eigenvalue weighted by molar-refractivity contribution is 5.85. The predicted molar refractivity (Wildman–Crippen MR) is 118 cm³/mol. The molecule has 7 heterocycles. The average Bonchev–Trinajstić information content (AvgIpc) is 3.38. The van der Waals surface area contributed by atoms with Gasteiger partial charge in [0.25, 0.3) is 5.56 Å². The molecule has 4 fully saturated rings. The smallest absolute Gasteiger partial charge is 0.294 e. The lowest BCUT2D eigenvalue weighted by Crippen LogP contribution is -2.44. The van der Waals surface area contributed by atoms with Gasteiger partial charge in [0, 0.05) is 18.4 Å².